The molecule has 0 spiro atoms. The summed E-state index contributed by atoms with van der Waals surface area (Å²) >= 11 is 3.39. The number of rotatable bonds is 2. The third-order valence-corrected chi connectivity index (χ3v) is 1.00. The molecule has 0 saturated heterocycles. The minimum Gasteiger partial charge on any atom is -0.480 e. The number of hydrogen-bond acceptors (Lipinski definition) is 2. The van der Waals surface area contributed by atoms with Crippen molar-refractivity contribution in [3.63, 3.8) is 0 Å². The third kappa shape index (κ3) is 5.81. The lowest BCUT2D eigenvalue weighted by Gasteiger charge is -2.07. The van der Waals surface area contributed by atoms with Crippen LogP contribution in [0.5, 0.6) is 0 Å². The molecule has 5 heteroatoms. The van der Waals surface area contributed by atoms with Crippen LogP contribution in [0.4, 0.5) is 0 Å². The minimum absolute atomic E-state index is 0.0208. The van der Waals surface area contributed by atoms with E-state index in [0.717, 1.165) is 0 Å². The summed E-state index contributed by atoms with van der Waals surface area (Å²) in [7, 11) is 0. The summed E-state index contributed by atoms with van der Waals surface area (Å²) in [5.41, 5.74) is 5.16. The second-order valence-electron chi connectivity index (χ2n) is 2.11. The predicted molar refractivity (Wildman–Crippen MR) is 37.0 cm³/mol. The summed E-state index contributed by atoms with van der Waals surface area (Å²) < 4.78 is 7.72. The molecule has 0 saturated carbocycles. The molecule has 0 aliphatic carbocycles. The van der Waals surface area contributed by atoms with E-state index in [1.807, 2.05) is 0 Å². The standard InChI is InChI=1S/C5H11NO2.ClO/c1-3(2)4(6)5(7)8;1-2/h3-4H,6H2,1-2H3,(H,7,8);/t4-;/m0./s1. The third-order valence-electron chi connectivity index (χ3n) is 1.00. The largest absolute Gasteiger partial charge is 0.480 e. The molecule has 0 amide bonds. The highest BCUT2D eigenvalue weighted by atomic mass is 35.5. The Morgan fingerprint density at radius 3 is 1.80 bits per heavy atom. The van der Waals surface area contributed by atoms with Gasteiger partial charge in [-0.1, -0.05) is 13.8 Å². The van der Waals surface area contributed by atoms with Gasteiger partial charge in [-0.05, 0) is 5.92 Å². The average molecular weight is 169 g/mol. The first-order chi connectivity index (χ1) is 4.55. The van der Waals surface area contributed by atoms with E-state index in [9.17, 15) is 4.79 Å². The van der Waals surface area contributed by atoms with E-state index in [0.29, 0.717) is 0 Å². The molecule has 0 fully saturated rings. The van der Waals surface area contributed by atoms with Crippen molar-refractivity contribution in [2.75, 3.05) is 0 Å². The second-order valence-corrected chi connectivity index (χ2v) is 2.11. The molecular formula is C5H11ClNO3. The molecule has 3 N–H and O–H groups in total. The zero-order valence-corrected chi connectivity index (χ0v) is 6.63. The Morgan fingerprint density at radius 1 is 1.50 bits per heavy atom. The topological polar surface area (TPSA) is 83.2 Å². The van der Waals surface area contributed by atoms with Gasteiger partial charge in [0, 0.05) is 0 Å². The zero-order chi connectivity index (χ0) is 8.73. The van der Waals surface area contributed by atoms with Crippen LogP contribution in [0.3, 0.4) is 0 Å². The Labute approximate surface area is 64.8 Å². The van der Waals surface area contributed by atoms with Crippen LogP contribution in [0.1, 0.15) is 13.8 Å². The normalized spacial score (nSPS) is 11.8. The highest BCUT2D eigenvalue weighted by molar-refractivity contribution is 6.04. The summed E-state index contributed by atoms with van der Waals surface area (Å²) in [4.78, 5) is 10.0. The van der Waals surface area contributed by atoms with E-state index < -0.39 is 12.0 Å². The highest BCUT2D eigenvalue weighted by Gasteiger charge is 2.14. The van der Waals surface area contributed by atoms with E-state index >= 15 is 0 Å². The van der Waals surface area contributed by atoms with Crippen LogP contribution in [0, 0.1) is 5.92 Å². The molecule has 0 aliphatic heterocycles. The molecule has 0 heterocycles. The predicted octanol–water partition coefficient (Wildman–Crippen LogP) is 0.625. The number of carbonyl (C=O) groups is 1. The summed E-state index contributed by atoms with van der Waals surface area (Å²) in [6.45, 7) is 3.55. The second kappa shape index (κ2) is 6.80. The van der Waals surface area contributed by atoms with Crippen molar-refractivity contribution >= 4 is 17.8 Å². The van der Waals surface area contributed by atoms with Crippen molar-refractivity contribution in [3.05, 3.63) is 0 Å². The monoisotopic (exact) mass is 168 g/mol. The first-order valence-corrected chi connectivity index (χ1v) is 3.00. The molecule has 0 aromatic carbocycles. The summed E-state index contributed by atoms with van der Waals surface area (Å²) in [5.74, 6) is -0.910. The molecular weight excluding hydrogens is 158 g/mol. The maximum atomic E-state index is 10.0. The maximum absolute atomic E-state index is 10.0. The zero-order valence-electron chi connectivity index (χ0n) is 5.87. The van der Waals surface area contributed by atoms with Crippen LogP contribution < -0.4 is 5.73 Å². The van der Waals surface area contributed by atoms with Gasteiger partial charge in [-0.25, -0.2) is 0 Å². The van der Waals surface area contributed by atoms with Crippen molar-refractivity contribution < 1.29 is 14.6 Å². The van der Waals surface area contributed by atoms with E-state index in [-0.39, 0.29) is 5.92 Å². The number of halogens is 1. The van der Waals surface area contributed by atoms with Gasteiger partial charge in [0.1, 0.15) is 17.9 Å². The Balaban J connectivity index is 0. The quantitative estimate of drug-likeness (QED) is 0.634. The van der Waals surface area contributed by atoms with Gasteiger partial charge in [0.05, 0.1) is 0 Å². The van der Waals surface area contributed by atoms with Gasteiger partial charge >= 0.3 is 5.97 Å². The van der Waals surface area contributed by atoms with Gasteiger partial charge in [-0.2, -0.15) is 0 Å². The number of aliphatic carboxylic acids is 1. The molecule has 4 nitrogen and oxygen atoms in total. The summed E-state index contributed by atoms with van der Waals surface area (Å²) in [6, 6.07) is -0.713. The van der Waals surface area contributed by atoms with Crippen LogP contribution in [-0.2, 0) is 9.45 Å². The smallest absolute Gasteiger partial charge is 0.320 e. The van der Waals surface area contributed by atoms with Crippen LogP contribution in [0.25, 0.3) is 0 Å². The molecule has 0 bridgehead atoms. The maximum Gasteiger partial charge on any atom is 0.320 e. The van der Waals surface area contributed by atoms with Gasteiger partial charge in [0.25, 0.3) is 0 Å². The fraction of sp³-hybridized carbons (Fsp3) is 0.800. The molecule has 1 radical (unpaired) electrons. The molecule has 0 unspecified atom stereocenters. The Bertz CT molecular complexity index is 96.9. The van der Waals surface area contributed by atoms with Crippen molar-refractivity contribution in [1.29, 1.82) is 0 Å². The fourth-order valence-corrected chi connectivity index (χ4v) is 0.285. The fourth-order valence-electron chi connectivity index (χ4n) is 0.285. The molecule has 0 aliphatic rings. The number of hydrogen-bond donors (Lipinski definition) is 2. The molecule has 0 aromatic rings. The Kier molecular flexibility index (Phi) is 8.40. The van der Waals surface area contributed by atoms with Gasteiger partial charge < -0.3 is 10.8 Å². The molecule has 61 valence electrons. The van der Waals surface area contributed by atoms with E-state index in [1.54, 1.807) is 13.8 Å². The van der Waals surface area contributed by atoms with E-state index in [2.05, 4.69) is 11.9 Å². The number of carboxylic acids is 1. The van der Waals surface area contributed by atoms with Crippen LogP contribution in [0.15, 0.2) is 0 Å². The van der Waals surface area contributed by atoms with E-state index in [4.69, 9.17) is 15.5 Å². The van der Waals surface area contributed by atoms with Gasteiger partial charge in [0.15, 0.2) is 0 Å². The SMILES string of the molecule is CC(C)[C@H](N)C(=O)O.[O]Cl. The van der Waals surface area contributed by atoms with Gasteiger partial charge in [-0.15, -0.1) is 4.66 Å². The lowest BCUT2D eigenvalue weighted by molar-refractivity contribution is -0.139. The van der Waals surface area contributed by atoms with Gasteiger partial charge in [-0.3, -0.25) is 4.79 Å². The Hall–Kier alpha value is -0.320. The first-order valence-electron chi connectivity index (χ1n) is 2.69. The van der Waals surface area contributed by atoms with Crippen molar-refractivity contribution in [2.24, 2.45) is 11.7 Å². The molecule has 0 rings (SSSR count). The lowest BCUT2D eigenvalue weighted by atomic mass is 10.1. The number of nitrogens with two attached hydrogens (primary N) is 1. The molecule has 10 heavy (non-hydrogen) atoms. The van der Waals surface area contributed by atoms with Crippen LogP contribution >= 0.6 is 11.9 Å². The molecule has 0 aromatic heterocycles. The minimum atomic E-state index is -0.931. The van der Waals surface area contributed by atoms with Crippen molar-refractivity contribution in [1.82, 2.24) is 0 Å². The summed E-state index contributed by atoms with van der Waals surface area (Å²) in [6.07, 6.45) is 0. The van der Waals surface area contributed by atoms with Crippen molar-refractivity contribution in [3.8, 4) is 0 Å². The van der Waals surface area contributed by atoms with E-state index in [1.165, 1.54) is 0 Å². The highest BCUT2D eigenvalue weighted by Crippen LogP contribution is 1.96. The number of carboxylic acid groups (broad SMARTS) is 1. The summed E-state index contributed by atoms with van der Waals surface area (Å²) in [5, 5.41) is 8.23. The van der Waals surface area contributed by atoms with Crippen LogP contribution in [0.2, 0.25) is 0 Å². The molecule has 1 atom stereocenters. The van der Waals surface area contributed by atoms with Crippen molar-refractivity contribution in [2.45, 2.75) is 19.9 Å². The van der Waals surface area contributed by atoms with Gasteiger partial charge in [0.2, 0.25) is 0 Å². The Morgan fingerprint density at radius 2 is 1.80 bits per heavy atom. The first kappa shape index (κ1) is 12.4. The average Bonchev–Trinajstić information content (AvgIpc) is 1.90. The van der Waals surface area contributed by atoms with Crippen LogP contribution in [-0.4, -0.2) is 17.1 Å². The lowest BCUT2D eigenvalue weighted by Crippen LogP contribution is -2.34.